The summed E-state index contributed by atoms with van der Waals surface area (Å²) in [5, 5.41) is 7.97. The Kier molecular flexibility index (Phi) is 3.35. The summed E-state index contributed by atoms with van der Waals surface area (Å²) in [5.41, 5.74) is 0. The van der Waals surface area contributed by atoms with Crippen molar-refractivity contribution in [1.29, 1.82) is 0 Å². The molecule has 7 heavy (non-hydrogen) atoms. The van der Waals surface area contributed by atoms with Gasteiger partial charge in [0.25, 0.3) is 0 Å². The molecule has 0 radical (unpaired) electrons. The minimum absolute atomic E-state index is 0.865. The molecule has 0 rings (SSSR count). The Balaban J connectivity index is 2.98. The second-order valence-corrected chi connectivity index (χ2v) is 0.699. The Morgan fingerprint density at radius 1 is 1.86 bits per heavy atom. The fraction of sp³-hybridized carbons (Fsp3) is 0. The average molecular weight is 106 g/mol. The fourth-order valence-electron chi connectivity index (χ4n) is 0.103. The largest absolute Gasteiger partial charge is 0.742 e. The van der Waals surface area contributed by atoms with Crippen LogP contribution in [0.25, 0.3) is 0 Å². The van der Waals surface area contributed by atoms with Crippen LogP contribution < -0.4 is 0 Å². The first-order chi connectivity index (χ1) is 3.31. The van der Waals surface area contributed by atoms with Crippen LogP contribution in [0.1, 0.15) is 0 Å². The third-order valence-electron chi connectivity index (χ3n) is 0.289. The van der Waals surface area contributed by atoms with Crippen molar-refractivity contribution in [2.24, 2.45) is 0 Å². The maximum absolute atomic E-state index is 10.7. The van der Waals surface area contributed by atoms with Gasteiger partial charge in [0.15, 0.2) is 0 Å². The van der Waals surface area contributed by atoms with Crippen LogP contribution in [-0.4, -0.2) is 12.3 Å². The van der Waals surface area contributed by atoms with Gasteiger partial charge in [-0.1, -0.05) is 11.1 Å². The first kappa shape index (κ1) is 6.45. The Morgan fingerprint density at radius 2 is 2.43 bits per heavy atom. The normalized spacial score (nSPS) is 7.71. The molecule has 0 unspecified atom stereocenters. The molecule has 0 atom stereocenters. The van der Waals surface area contributed by atoms with Crippen molar-refractivity contribution in [2.75, 3.05) is 0 Å². The Labute approximate surface area is 40.4 Å². The SMILES string of the molecule is C=COB(O)OF. The molecule has 0 bridgehead atoms. The van der Waals surface area contributed by atoms with E-state index in [0.717, 1.165) is 6.26 Å². The lowest BCUT2D eigenvalue weighted by Crippen LogP contribution is -2.14. The van der Waals surface area contributed by atoms with Crippen LogP contribution in [0.15, 0.2) is 12.8 Å². The van der Waals surface area contributed by atoms with Crippen LogP contribution in [0.4, 0.5) is 4.53 Å². The molecule has 0 aliphatic heterocycles. The standard InChI is InChI=1S/C2H4BFO3/c1-2-6-3(5)7-4/h2,5H,1H2. The van der Waals surface area contributed by atoms with Crippen LogP contribution in [0.2, 0.25) is 0 Å². The second kappa shape index (κ2) is 3.64. The molecular weight excluding hydrogens is 102 g/mol. The van der Waals surface area contributed by atoms with Crippen LogP contribution in [0, 0.1) is 0 Å². The van der Waals surface area contributed by atoms with Gasteiger partial charge in [-0.25, -0.2) is 0 Å². The lowest BCUT2D eigenvalue weighted by atomic mass is 10.3. The van der Waals surface area contributed by atoms with Crippen molar-refractivity contribution in [3.05, 3.63) is 12.8 Å². The number of rotatable bonds is 3. The molecule has 0 saturated heterocycles. The van der Waals surface area contributed by atoms with Crippen LogP contribution in [0.5, 0.6) is 0 Å². The summed E-state index contributed by atoms with van der Waals surface area (Å²) in [7, 11) is -1.84. The van der Waals surface area contributed by atoms with Crippen LogP contribution >= 0.6 is 0 Å². The molecular formula is C2H4BFO3. The quantitative estimate of drug-likeness (QED) is 0.407. The molecule has 5 heteroatoms. The van der Waals surface area contributed by atoms with E-state index >= 15 is 0 Å². The molecule has 0 amide bonds. The minimum Gasteiger partial charge on any atom is -0.517 e. The number of hydrogen-bond acceptors (Lipinski definition) is 3. The predicted molar refractivity (Wildman–Crippen MR) is 21.4 cm³/mol. The predicted octanol–water partition coefficient (Wildman–Crippen LogP) is 0.0248. The molecule has 0 spiro atoms. The van der Waals surface area contributed by atoms with Gasteiger partial charge in [0.1, 0.15) is 0 Å². The summed E-state index contributed by atoms with van der Waals surface area (Å²) in [6.07, 6.45) is 0.865. The highest BCUT2D eigenvalue weighted by Gasteiger charge is 2.15. The van der Waals surface area contributed by atoms with Crippen LogP contribution in [-0.2, 0) is 9.51 Å². The summed E-state index contributed by atoms with van der Waals surface area (Å²) in [4.78, 5) is 2.75. The smallest absolute Gasteiger partial charge is 0.517 e. The first-order valence-corrected chi connectivity index (χ1v) is 1.53. The Bertz CT molecular complexity index is 58.9. The van der Waals surface area contributed by atoms with Gasteiger partial charge in [-0.15, -0.1) is 0 Å². The number of hydrogen-bond donors (Lipinski definition) is 1. The molecule has 0 fully saturated rings. The van der Waals surface area contributed by atoms with Crippen molar-refractivity contribution in [2.45, 2.75) is 0 Å². The Hall–Kier alpha value is -0.545. The van der Waals surface area contributed by atoms with Gasteiger partial charge >= 0.3 is 7.32 Å². The van der Waals surface area contributed by atoms with Gasteiger partial charge in [0, 0.05) is 0 Å². The zero-order valence-corrected chi connectivity index (χ0v) is 3.50. The highest BCUT2D eigenvalue weighted by atomic mass is 19.3. The molecule has 0 heterocycles. The maximum Gasteiger partial charge on any atom is 0.742 e. The van der Waals surface area contributed by atoms with E-state index in [0.29, 0.717) is 0 Å². The van der Waals surface area contributed by atoms with Crippen molar-refractivity contribution in [1.82, 2.24) is 0 Å². The van der Waals surface area contributed by atoms with E-state index in [-0.39, 0.29) is 0 Å². The lowest BCUT2D eigenvalue weighted by Gasteiger charge is -1.93. The van der Waals surface area contributed by atoms with E-state index in [2.05, 4.69) is 16.1 Å². The van der Waals surface area contributed by atoms with Gasteiger partial charge < -0.3 is 9.68 Å². The van der Waals surface area contributed by atoms with Crippen LogP contribution in [0.3, 0.4) is 0 Å². The highest BCUT2D eigenvalue weighted by molar-refractivity contribution is 6.34. The zero-order valence-electron chi connectivity index (χ0n) is 3.50. The van der Waals surface area contributed by atoms with Gasteiger partial charge in [0.05, 0.1) is 6.26 Å². The third-order valence-corrected chi connectivity index (χ3v) is 0.289. The summed E-state index contributed by atoms with van der Waals surface area (Å²) in [6.45, 7) is 3.02. The lowest BCUT2D eigenvalue weighted by molar-refractivity contribution is -0.0576. The summed E-state index contributed by atoms with van der Waals surface area (Å²) >= 11 is 0. The molecule has 40 valence electrons. The summed E-state index contributed by atoms with van der Waals surface area (Å²) < 4.78 is 14.6. The minimum atomic E-state index is -1.84. The van der Waals surface area contributed by atoms with E-state index in [1.54, 1.807) is 0 Å². The molecule has 0 aromatic carbocycles. The monoisotopic (exact) mass is 106 g/mol. The van der Waals surface area contributed by atoms with Crippen molar-refractivity contribution in [3.63, 3.8) is 0 Å². The van der Waals surface area contributed by atoms with Gasteiger partial charge in [-0.3, -0.25) is 0 Å². The molecule has 0 aliphatic carbocycles. The van der Waals surface area contributed by atoms with E-state index in [1.165, 1.54) is 0 Å². The average Bonchev–Trinajstić information content (AvgIpc) is 1.68. The highest BCUT2D eigenvalue weighted by Crippen LogP contribution is 1.82. The van der Waals surface area contributed by atoms with Crippen molar-refractivity contribution >= 4 is 7.32 Å². The Morgan fingerprint density at radius 3 is 2.57 bits per heavy atom. The first-order valence-electron chi connectivity index (χ1n) is 1.53. The fourth-order valence-corrected chi connectivity index (χ4v) is 0.103. The summed E-state index contributed by atoms with van der Waals surface area (Å²) in [5.74, 6) is 0. The summed E-state index contributed by atoms with van der Waals surface area (Å²) in [6, 6.07) is 0. The van der Waals surface area contributed by atoms with Gasteiger partial charge in [0.2, 0.25) is 0 Å². The zero-order chi connectivity index (χ0) is 5.70. The van der Waals surface area contributed by atoms with Crippen molar-refractivity contribution in [3.8, 4) is 0 Å². The molecule has 0 saturated carbocycles. The molecule has 0 aromatic rings. The second-order valence-electron chi connectivity index (χ2n) is 0.699. The van der Waals surface area contributed by atoms with E-state index in [1.807, 2.05) is 0 Å². The van der Waals surface area contributed by atoms with E-state index in [9.17, 15) is 4.53 Å². The van der Waals surface area contributed by atoms with Gasteiger partial charge in [-0.05, 0) is 0 Å². The molecule has 0 aromatic heterocycles. The molecule has 1 N–H and O–H groups in total. The number of halogens is 1. The van der Waals surface area contributed by atoms with E-state index in [4.69, 9.17) is 5.02 Å². The van der Waals surface area contributed by atoms with Crippen molar-refractivity contribution < 1.29 is 19.1 Å². The third kappa shape index (κ3) is 3.28. The maximum atomic E-state index is 10.7. The molecule has 0 aliphatic rings. The topological polar surface area (TPSA) is 38.7 Å². The van der Waals surface area contributed by atoms with E-state index < -0.39 is 7.32 Å². The van der Waals surface area contributed by atoms with Gasteiger partial charge in [-0.2, -0.15) is 4.86 Å². The molecule has 3 nitrogen and oxygen atoms in total.